The van der Waals surface area contributed by atoms with E-state index >= 15 is 0 Å². The number of anilines is 9. The number of carboxylic acid groups (broad SMARTS) is 3. The van der Waals surface area contributed by atoms with Gasteiger partial charge in [0.25, 0.3) is 0 Å². The highest BCUT2D eigenvalue weighted by molar-refractivity contribution is 7.13. The number of hydrogen-bond acceptors (Lipinski definition) is 15. The Hall–Kier alpha value is -7.22. The van der Waals surface area contributed by atoms with E-state index in [0.29, 0.717) is 59.7 Å². The van der Waals surface area contributed by atoms with Crippen LogP contribution in [0, 0.1) is 41.4 Å². The maximum absolute atomic E-state index is 12.0. The minimum atomic E-state index is -0.847. The molecule has 0 spiro atoms. The predicted octanol–water partition coefficient (Wildman–Crippen LogP) is 15.6. The zero-order valence-corrected chi connectivity index (χ0v) is 55.8. The molecule has 0 radical (unpaired) electrons. The van der Waals surface area contributed by atoms with E-state index in [1.54, 1.807) is 11.3 Å². The molecule has 1 aliphatic carbocycles. The number of benzene rings is 3. The Kier molecular flexibility index (Phi) is 24.3. The van der Waals surface area contributed by atoms with Crippen LogP contribution in [0.4, 0.5) is 51.2 Å². The topological polar surface area (TPSA) is 254 Å². The monoisotopic (exact) mass is 1230 g/mol. The van der Waals surface area contributed by atoms with Crippen molar-refractivity contribution in [1.82, 2.24) is 35.3 Å². The minimum Gasteiger partial charge on any atom is -0.481 e. The number of carbonyl (C=O) groups is 3. The molecule has 3 aromatic heterocycles. The molecule has 20 heteroatoms. The van der Waals surface area contributed by atoms with Crippen molar-refractivity contribution in [2.24, 2.45) is 41.4 Å². The van der Waals surface area contributed by atoms with Crippen molar-refractivity contribution in [2.45, 2.75) is 178 Å². The summed E-state index contributed by atoms with van der Waals surface area (Å²) < 4.78 is 0. The lowest BCUT2D eigenvalue weighted by molar-refractivity contribution is -0.138. The number of thiazole rings is 1. The normalized spacial score (nSPS) is 15.8. The van der Waals surface area contributed by atoms with Gasteiger partial charge >= 0.3 is 17.9 Å². The van der Waals surface area contributed by atoms with Crippen LogP contribution in [-0.4, -0.2) is 108 Å². The van der Waals surface area contributed by atoms with Gasteiger partial charge in [0, 0.05) is 57.0 Å². The maximum atomic E-state index is 12.0. The van der Waals surface area contributed by atoms with E-state index in [1.165, 1.54) is 0 Å². The fourth-order valence-electron chi connectivity index (χ4n) is 12.0. The first kappa shape index (κ1) is 68.3. The summed E-state index contributed by atoms with van der Waals surface area (Å²) in [5.74, 6) is 2.68. The van der Waals surface area contributed by atoms with E-state index in [4.69, 9.17) is 15.0 Å². The number of aromatic nitrogens is 7. The highest BCUT2D eigenvalue weighted by Crippen LogP contribution is 2.50. The number of hydrogen-bond donors (Lipinski definition) is 8. The van der Waals surface area contributed by atoms with Gasteiger partial charge in [-0.25, -0.2) is 4.98 Å². The molecule has 0 bridgehead atoms. The van der Waals surface area contributed by atoms with Crippen molar-refractivity contribution < 1.29 is 29.7 Å². The van der Waals surface area contributed by atoms with Crippen molar-refractivity contribution in [3.8, 4) is 0 Å². The van der Waals surface area contributed by atoms with Crippen molar-refractivity contribution in [3.05, 3.63) is 94.0 Å². The fraction of sp³-hybridized carbons (Fsp3) is 0.588. The molecule has 88 heavy (non-hydrogen) atoms. The quantitative estimate of drug-likeness (QED) is 0.0180. The lowest BCUT2D eigenvalue weighted by Crippen LogP contribution is -2.33. The molecule has 3 aromatic carbocycles. The first-order valence-electron chi connectivity index (χ1n) is 32.1. The van der Waals surface area contributed by atoms with E-state index in [1.807, 2.05) is 20.8 Å². The lowest BCUT2D eigenvalue weighted by atomic mass is 9.96. The van der Waals surface area contributed by atoms with Gasteiger partial charge in [-0.1, -0.05) is 122 Å². The third-order valence-corrected chi connectivity index (χ3v) is 17.2. The molecule has 7 unspecified atom stereocenters. The number of aromatic amines is 2. The number of rotatable bonds is 37. The molecule has 0 amide bonds. The molecule has 1 saturated carbocycles. The lowest BCUT2D eigenvalue weighted by Gasteiger charge is -2.32. The van der Waals surface area contributed by atoms with E-state index < -0.39 is 17.9 Å². The van der Waals surface area contributed by atoms with Gasteiger partial charge in [-0.05, 0) is 137 Å². The van der Waals surface area contributed by atoms with Crippen LogP contribution >= 0.6 is 11.3 Å². The Morgan fingerprint density at radius 3 is 1.40 bits per heavy atom. The highest BCUT2D eigenvalue weighted by Gasteiger charge is 2.42. The van der Waals surface area contributed by atoms with Crippen molar-refractivity contribution in [3.63, 3.8) is 0 Å². The van der Waals surface area contributed by atoms with Crippen LogP contribution in [0.5, 0.6) is 0 Å². The summed E-state index contributed by atoms with van der Waals surface area (Å²) in [5, 5.41) is 58.6. The number of aryl methyl sites for hydroxylation is 1. The van der Waals surface area contributed by atoms with Gasteiger partial charge in [-0.2, -0.15) is 9.97 Å². The van der Waals surface area contributed by atoms with Crippen LogP contribution in [-0.2, 0) is 20.8 Å². The minimum absolute atomic E-state index is 0.00578. The second-order valence-electron chi connectivity index (χ2n) is 27.5. The number of nitrogens with zero attached hydrogens (tertiary/aromatic N) is 8. The molecule has 1 fully saturated rings. The Morgan fingerprint density at radius 1 is 0.545 bits per heavy atom. The summed E-state index contributed by atoms with van der Waals surface area (Å²) in [4.78, 5) is 57.6. The summed E-state index contributed by atoms with van der Waals surface area (Å²) in [5.41, 5.74) is 9.55. The van der Waals surface area contributed by atoms with Gasteiger partial charge in [0.05, 0.1) is 59.1 Å². The molecule has 480 valence electrons. The molecule has 19 nitrogen and oxygen atoms in total. The molecule has 0 saturated heterocycles. The summed E-state index contributed by atoms with van der Waals surface area (Å²) in [6.07, 6.45) is 3.61. The fourth-order valence-corrected chi connectivity index (χ4v) is 12.9. The summed E-state index contributed by atoms with van der Waals surface area (Å²) >= 11 is 1.58. The van der Waals surface area contributed by atoms with Crippen molar-refractivity contribution in [2.75, 3.05) is 69.9 Å². The SMILES string of the molecule is CC(C)CN(CC(C)CC1CC1c1nc(Nc2cc(C(C)CC(=O)O)ccc2N(CC(C)C)CC(C)C)n[nH]1)c1ccc(C(C)CC(=O)O)cc1Nc1n[nH]c(CCC(C)CN(CC(C)C)c2ccc(C(C)CC(=O)O)cc2Nc2nc(C(C)C)cs2)n1. The van der Waals surface area contributed by atoms with Gasteiger partial charge in [-0.3, -0.25) is 24.6 Å². The van der Waals surface area contributed by atoms with E-state index in [0.717, 1.165) is 132 Å². The molecule has 0 aliphatic heterocycles. The van der Waals surface area contributed by atoms with Crippen LogP contribution in [0.25, 0.3) is 0 Å². The zero-order valence-electron chi connectivity index (χ0n) is 54.9. The van der Waals surface area contributed by atoms with Gasteiger partial charge in [0.1, 0.15) is 11.6 Å². The van der Waals surface area contributed by atoms with Crippen LogP contribution in [0.1, 0.15) is 206 Å². The summed E-state index contributed by atoms with van der Waals surface area (Å²) in [6, 6.07) is 18.8. The Bertz CT molecular complexity index is 3210. The predicted molar refractivity (Wildman–Crippen MR) is 358 cm³/mol. The van der Waals surface area contributed by atoms with Crippen LogP contribution in [0.3, 0.4) is 0 Å². The molecule has 3 heterocycles. The number of carboxylic acids is 3. The third kappa shape index (κ3) is 20.2. The average molecular weight is 1230 g/mol. The molecular weight excluding hydrogens is 1130 g/mol. The van der Waals surface area contributed by atoms with Gasteiger partial charge in [0.15, 0.2) is 5.13 Å². The van der Waals surface area contributed by atoms with Crippen molar-refractivity contribution in [1.29, 1.82) is 0 Å². The van der Waals surface area contributed by atoms with Crippen molar-refractivity contribution >= 4 is 80.4 Å². The molecule has 7 atom stereocenters. The smallest absolute Gasteiger partial charge is 0.303 e. The zero-order chi connectivity index (χ0) is 64.1. The van der Waals surface area contributed by atoms with E-state index in [9.17, 15) is 29.7 Å². The first-order valence-corrected chi connectivity index (χ1v) is 33.0. The third-order valence-electron chi connectivity index (χ3n) is 16.4. The van der Waals surface area contributed by atoms with Gasteiger partial charge in [0.2, 0.25) is 11.9 Å². The number of aliphatic carboxylic acids is 3. The van der Waals surface area contributed by atoms with Gasteiger partial charge in [-0.15, -0.1) is 21.5 Å². The van der Waals surface area contributed by atoms with E-state index in [-0.39, 0.29) is 48.9 Å². The molecule has 1 aliphatic rings. The second-order valence-corrected chi connectivity index (χ2v) is 28.3. The number of H-pyrrole nitrogens is 2. The van der Waals surface area contributed by atoms with E-state index in [2.05, 4.69) is 194 Å². The van der Waals surface area contributed by atoms with Crippen LogP contribution in [0.2, 0.25) is 0 Å². The largest absolute Gasteiger partial charge is 0.481 e. The second kappa shape index (κ2) is 31.3. The summed E-state index contributed by atoms with van der Waals surface area (Å²) in [6.45, 7) is 37.5. The highest BCUT2D eigenvalue weighted by atomic mass is 32.1. The molecular formula is C68H101N13O6S. The standard InChI is InChI=1S/C68H101N13O6S/c1-39(2)32-79(33-40(3)4)58-20-17-49(46(13)25-62(82)83)29-54(58)70-67-74-65(76-78-67)53-28-52(53)24-45(12)37-81(35-42(7)8)59-21-18-50(47(14)26-63(84)85)30-55(59)69-66-73-61(75-77-66)23-16-44(11)36-80(34-41(5)6)60-22-19-51(48(15)27-64(86)87)31-56(60)71-68-72-57(38-88-68)43(9)10/h17-22,29-31,38-48,52-53H,16,23-28,32-37H2,1-15H3,(H,71,72)(H,82,83)(H,84,85)(H,86,87)(H2,69,73,75,77)(H2,70,74,76,78). The van der Waals surface area contributed by atoms with Crippen LogP contribution < -0.4 is 30.7 Å². The van der Waals surface area contributed by atoms with Crippen LogP contribution in [0.15, 0.2) is 60.0 Å². The number of nitrogens with one attached hydrogen (secondary N) is 5. The Labute approximate surface area is 526 Å². The molecule has 6 aromatic rings. The van der Waals surface area contributed by atoms with Gasteiger partial charge < -0.3 is 46.0 Å². The molecule has 7 rings (SSSR count). The average Bonchev–Trinajstić information content (AvgIpc) is 2.98. The maximum Gasteiger partial charge on any atom is 0.303 e. The summed E-state index contributed by atoms with van der Waals surface area (Å²) in [7, 11) is 0. The Morgan fingerprint density at radius 2 is 0.966 bits per heavy atom. The molecule has 8 N–H and O–H groups in total. The Balaban J connectivity index is 1.04. The first-order chi connectivity index (χ1) is 41.7.